The van der Waals surface area contributed by atoms with Crippen LogP contribution in [0, 0.1) is 0 Å². The third kappa shape index (κ3) is 4.88. The standard InChI is InChI=1S/C20H27N3O6S/c1-2-15-4-5-16(14-17(15)30(27,28)22-10-12-29-13-11-22)20(26)21-8-3-9-23-18(24)6-7-19(23)25/h4-5,14H,2-3,6-13H2,1H3,(H,21,26). The second-order valence-electron chi connectivity index (χ2n) is 7.24. The minimum absolute atomic E-state index is 0.146. The van der Waals surface area contributed by atoms with Gasteiger partial charge in [0.05, 0.1) is 18.1 Å². The van der Waals surface area contributed by atoms with E-state index in [0.29, 0.717) is 31.6 Å². The van der Waals surface area contributed by atoms with Crippen molar-refractivity contribution in [3.05, 3.63) is 29.3 Å². The highest BCUT2D eigenvalue weighted by Crippen LogP contribution is 2.23. The highest BCUT2D eigenvalue weighted by Gasteiger charge is 2.29. The van der Waals surface area contributed by atoms with Crippen LogP contribution in [0.5, 0.6) is 0 Å². The van der Waals surface area contributed by atoms with Gasteiger partial charge in [-0.25, -0.2) is 8.42 Å². The first kappa shape index (κ1) is 22.4. The van der Waals surface area contributed by atoms with Crippen molar-refractivity contribution in [1.29, 1.82) is 0 Å². The SMILES string of the molecule is CCc1ccc(C(=O)NCCCN2C(=O)CCC2=O)cc1S(=O)(=O)N1CCOCC1. The van der Waals surface area contributed by atoms with E-state index in [-0.39, 0.29) is 61.3 Å². The number of hydrogen-bond acceptors (Lipinski definition) is 6. The maximum atomic E-state index is 13.1. The van der Waals surface area contributed by atoms with Crippen LogP contribution in [0.3, 0.4) is 0 Å². The second-order valence-corrected chi connectivity index (χ2v) is 9.15. The van der Waals surface area contributed by atoms with Gasteiger partial charge in [-0.1, -0.05) is 13.0 Å². The largest absolute Gasteiger partial charge is 0.379 e. The van der Waals surface area contributed by atoms with Crippen LogP contribution in [0.15, 0.2) is 23.1 Å². The molecule has 10 heteroatoms. The predicted octanol–water partition coefficient (Wildman–Crippen LogP) is 0.539. The first-order chi connectivity index (χ1) is 14.3. The highest BCUT2D eigenvalue weighted by molar-refractivity contribution is 7.89. The Morgan fingerprint density at radius 2 is 1.80 bits per heavy atom. The van der Waals surface area contributed by atoms with Gasteiger partial charge in [0.15, 0.2) is 0 Å². The second kappa shape index (κ2) is 9.67. The van der Waals surface area contributed by atoms with E-state index in [0.717, 1.165) is 0 Å². The quantitative estimate of drug-likeness (QED) is 0.469. The van der Waals surface area contributed by atoms with E-state index in [1.54, 1.807) is 12.1 Å². The Morgan fingerprint density at radius 3 is 2.43 bits per heavy atom. The summed E-state index contributed by atoms with van der Waals surface area (Å²) in [5.41, 5.74) is 0.913. The molecule has 9 nitrogen and oxygen atoms in total. The summed E-state index contributed by atoms with van der Waals surface area (Å²) in [6, 6.07) is 4.70. The fraction of sp³-hybridized carbons (Fsp3) is 0.550. The molecule has 164 valence electrons. The molecule has 2 fully saturated rings. The number of sulfonamides is 1. The molecule has 0 aliphatic carbocycles. The smallest absolute Gasteiger partial charge is 0.251 e. The number of carbonyl (C=O) groups is 3. The van der Waals surface area contributed by atoms with E-state index in [9.17, 15) is 22.8 Å². The summed E-state index contributed by atoms with van der Waals surface area (Å²) in [5.74, 6) is -0.756. The van der Waals surface area contributed by atoms with Gasteiger partial charge >= 0.3 is 0 Å². The minimum Gasteiger partial charge on any atom is -0.379 e. The first-order valence-corrected chi connectivity index (χ1v) is 11.6. The Morgan fingerprint density at radius 1 is 1.13 bits per heavy atom. The summed E-state index contributed by atoms with van der Waals surface area (Å²) in [5, 5.41) is 2.73. The normalized spacial score (nSPS) is 18.1. The van der Waals surface area contributed by atoms with Crippen molar-refractivity contribution in [3.63, 3.8) is 0 Å². The molecule has 0 aromatic heterocycles. The van der Waals surface area contributed by atoms with Gasteiger partial charge in [0, 0.05) is 44.6 Å². The number of amides is 3. The first-order valence-electron chi connectivity index (χ1n) is 10.2. The molecule has 3 rings (SSSR count). The third-order valence-corrected chi connectivity index (χ3v) is 7.28. The molecule has 0 bridgehead atoms. The topological polar surface area (TPSA) is 113 Å². The fourth-order valence-electron chi connectivity index (χ4n) is 3.57. The lowest BCUT2D eigenvalue weighted by Crippen LogP contribution is -2.41. The zero-order valence-electron chi connectivity index (χ0n) is 17.1. The van der Waals surface area contributed by atoms with Crippen LogP contribution in [-0.2, 0) is 30.8 Å². The van der Waals surface area contributed by atoms with E-state index < -0.39 is 15.9 Å². The molecular formula is C20H27N3O6S. The number of aryl methyl sites for hydroxylation is 1. The van der Waals surface area contributed by atoms with E-state index >= 15 is 0 Å². The Labute approximate surface area is 176 Å². The molecule has 2 aliphatic rings. The molecule has 0 unspecified atom stereocenters. The minimum atomic E-state index is -3.72. The number of ether oxygens (including phenoxy) is 1. The number of nitrogens with one attached hydrogen (secondary N) is 1. The van der Waals surface area contributed by atoms with Gasteiger partial charge in [0.2, 0.25) is 21.8 Å². The predicted molar refractivity (Wildman–Crippen MR) is 108 cm³/mol. The summed E-state index contributed by atoms with van der Waals surface area (Å²) in [6.45, 7) is 3.69. The molecule has 2 saturated heterocycles. The molecule has 0 radical (unpaired) electrons. The van der Waals surface area contributed by atoms with E-state index in [1.807, 2.05) is 6.92 Å². The molecule has 2 heterocycles. The molecule has 0 spiro atoms. The summed E-state index contributed by atoms with van der Waals surface area (Å²) in [7, 11) is -3.72. The molecular weight excluding hydrogens is 410 g/mol. The molecule has 1 N–H and O–H groups in total. The molecule has 1 aromatic carbocycles. The number of rotatable bonds is 8. The highest BCUT2D eigenvalue weighted by atomic mass is 32.2. The number of morpholine rings is 1. The van der Waals surface area contributed by atoms with Crippen molar-refractivity contribution in [2.45, 2.75) is 37.5 Å². The lowest BCUT2D eigenvalue weighted by atomic mass is 10.1. The Balaban J connectivity index is 1.65. The number of likely N-dealkylation sites (tertiary alicyclic amines) is 1. The average Bonchev–Trinajstić information content (AvgIpc) is 3.08. The van der Waals surface area contributed by atoms with Crippen LogP contribution in [0.2, 0.25) is 0 Å². The van der Waals surface area contributed by atoms with Gasteiger partial charge in [-0.2, -0.15) is 4.31 Å². The number of carbonyl (C=O) groups excluding carboxylic acids is 3. The van der Waals surface area contributed by atoms with Gasteiger partial charge in [0.1, 0.15) is 0 Å². The van der Waals surface area contributed by atoms with Crippen molar-refractivity contribution in [1.82, 2.24) is 14.5 Å². The lowest BCUT2D eigenvalue weighted by Gasteiger charge is -2.27. The summed E-state index contributed by atoms with van der Waals surface area (Å²) < 4.78 is 32.8. The zero-order chi connectivity index (χ0) is 21.7. The maximum absolute atomic E-state index is 13.1. The van der Waals surface area contributed by atoms with Crippen LogP contribution in [0.4, 0.5) is 0 Å². The van der Waals surface area contributed by atoms with E-state index in [2.05, 4.69) is 5.32 Å². The maximum Gasteiger partial charge on any atom is 0.251 e. The van der Waals surface area contributed by atoms with E-state index in [4.69, 9.17) is 4.74 Å². The molecule has 3 amide bonds. The van der Waals surface area contributed by atoms with Crippen LogP contribution >= 0.6 is 0 Å². The molecule has 0 saturated carbocycles. The van der Waals surface area contributed by atoms with Gasteiger partial charge in [-0.05, 0) is 30.5 Å². The van der Waals surface area contributed by atoms with Crippen molar-refractivity contribution in [2.24, 2.45) is 0 Å². The summed E-state index contributed by atoms with van der Waals surface area (Å²) >= 11 is 0. The molecule has 1 aromatic rings. The van der Waals surface area contributed by atoms with Crippen LogP contribution in [0.1, 0.15) is 42.1 Å². The van der Waals surface area contributed by atoms with Crippen LogP contribution < -0.4 is 5.32 Å². The van der Waals surface area contributed by atoms with Crippen molar-refractivity contribution in [2.75, 3.05) is 39.4 Å². The monoisotopic (exact) mass is 437 g/mol. The van der Waals surface area contributed by atoms with Crippen molar-refractivity contribution in [3.8, 4) is 0 Å². The summed E-state index contributed by atoms with van der Waals surface area (Å²) in [4.78, 5) is 37.1. The van der Waals surface area contributed by atoms with E-state index in [1.165, 1.54) is 15.3 Å². The molecule has 30 heavy (non-hydrogen) atoms. The number of nitrogens with zero attached hydrogens (tertiary/aromatic N) is 2. The third-order valence-electron chi connectivity index (χ3n) is 5.30. The van der Waals surface area contributed by atoms with Gasteiger partial charge in [-0.15, -0.1) is 0 Å². The zero-order valence-corrected chi connectivity index (χ0v) is 17.9. The van der Waals surface area contributed by atoms with Gasteiger partial charge in [0.25, 0.3) is 5.91 Å². The fourth-order valence-corrected chi connectivity index (χ4v) is 5.30. The van der Waals surface area contributed by atoms with Gasteiger partial charge in [-0.3, -0.25) is 19.3 Å². The Hall–Kier alpha value is -2.30. The summed E-state index contributed by atoms with van der Waals surface area (Å²) in [6.07, 6.45) is 1.46. The number of imide groups is 1. The van der Waals surface area contributed by atoms with Crippen molar-refractivity contribution < 1.29 is 27.5 Å². The van der Waals surface area contributed by atoms with Crippen LogP contribution in [-0.4, -0.2) is 74.7 Å². The lowest BCUT2D eigenvalue weighted by molar-refractivity contribution is -0.138. The number of benzene rings is 1. The molecule has 2 aliphatic heterocycles. The van der Waals surface area contributed by atoms with Crippen molar-refractivity contribution >= 4 is 27.7 Å². The Bertz CT molecular complexity index is 908. The van der Waals surface area contributed by atoms with Crippen LogP contribution in [0.25, 0.3) is 0 Å². The number of hydrogen-bond donors (Lipinski definition) is 1. The molecule has 0 atom stereocenters. The van der Waals surface area contributed by atoms with Gasteiger partial charge < -0.3 is 10.1 Å². The average molecular weight is 438 g/mol. The Kier molecular flexibility index (Phi) is 7.22.